The van der Waals surface area contributed by atoms with Gasteiger partial charge in [-0.1, -0.05) is 71.4 Å². The van der Waals surface area contributed by atoms with Crippen molar-refractivity contribution in [2.24, 2.45) is 0 Å². The van der Waals surface area contributed by atoms with Crippen LogP contribution in [0.1, 0.15) is 23.5 Å². The number of ether oxygens (including phenoxy) is 2. The lowest BCUT2D eigenvalue weighted by Gasteiger charge is -2.42. The van der Waals surface area contributed by atoms with Gasteiger partial charge < -0.3 is 14.4 Å². The van der Waals surface area contributed by atoms with Crippen LogP contribution in [0.5, 0.6) is 11.5 Å². The molecule has 1 atom stereocenters. The van der Waals surface area contributed by atoms with Crippen molar-refractivity contribution in [2.75, 3.05) is 24.6 Å². The lowest BCUT2D eigenvalue weighted by atomic mass is 9.86. The van der Waals surface area contributed by atoms with Crippen molar-refractivity contribution in [3.63, 3.8) is 0 Å². The van der Waals surface area contributed by atoms with Crippen molar-refractivity contribution in [3.05, 3.63) is 98.5 Å². The Labute approximate surface area is 230 Å². The molecule has 2 aliphatic heterocycles. The molecule has 188 valence electrons. The zero-order valence-electron chi connectivity index (χ0n) is 20.0. The number of carbonyl (C=O) groups excluding carboxylic acids is 1. The molecule has 2 heterocycles. The Morgan fingerprint density at radius 3 is 2.59 bits per heavy atom. The Bertz CT molecular complexity index is 1410. The average molecular weight is 552 g/mol. The van der Waals surface area contributed by atoms with Gasteiger partial charge in [0, 0.05) is 18.0 Å². The maximum atomic E-state index is 13.3. The number of methoxy groups -OCH3 is 1. The molecule has 0 aliphatic carbocycles. The van der Waals surface area contributed by atoms with E-state index in [9.17, 15) is 10.1 Å². The highest BCUT2D eigenvalue weighted by atomic mass is 35.5. The molecule has 37 heavy (non-hydrogen) atoms. The maximum Gasteiger partial charge on any atom is 0.229 e. The Morgan fingerprint density at radius 1 is 1.05 bits per heavy atom. The summed E-state index contributed by atoms with van der Waals surface area (Å²) >= 11 is 13.7. The minimum Gasteiger partial charge on any atom is -0.493 e. The van der Waals surface area contributed by atoms with Crippen molar-refractivity contribution < 1.29 is 14.3 Å². The second-order valence-corrected chi connectivity index (χ2v) is 10.4. The van der Waals surface area contributed by atoms with Crippen molar-refractivity contribution in [1.29, 1.82) is 5.26 Å². The first-order chi connectivity index (χ1) is 18.0. The van der Waals surface area contributed by atoms with Crippen molar-refractivity contribution >= 4 is 46.6 Å². The summed E-state index contributed by atoms with van der Waals surface area (Å²) in [5.41, 5.74) is 3.34. The lowest BCUT2D eigenvalue weighted by Crippen LogP contribution is -2.47. The van der Waals surface area contributed by atoms with Gasteiger partial charge in [-0.25, -0.2) is 0 Å². The molecular weight excluding hydrogens is 529 g/mol. The van der Waals surface area contributed by atoms with Crippen LogP contribution in [0.15, 0.2) is 77.3 Å². The molecule has 3 aromatic rings. The molecule has 0 radical (unpaired) electrons. The van der Waals surface area contributed by atoms with E-state index >= 15 is 0 Å². The van der Waals surface area contributed by atoms with E-state index in [1.165, 1.54) is 11.8 Å². The average Bonchev–Trinajstić information content (AvgIpc) is 2.93. The predicted octanol–water partition coefficient (Wildman–Crippen LogP) is 6.80. The monoisotopic (exact) mass is 551 g/mol. The van der Waals surface area contributed by atoms with Gasteiger partial charge in [-0.3, -0.25) is 9.69 Å². The van der Waals surface area contributed by atoms with Crippen molar-refractivity contribution in [2.45, 2.75) is 18.9 Å². The quantitative estimate of drug-likeness (QED) is 0.335. The first-order valence-corrected chi connectivity index (χ1v) is 13.3. The zero-order chi connectivity index (χ0) is 25.9. The summed E-state index contributed by atoms with van der Waals surface area (Å²) in [5, 5.41) is 11.8. The van der Waals surface area contributed by atoms with Crippen molar-refractivity contribution in [3.8, 4) is 17.6 Å². The van der Waals surface area contributed by atoms with Gasteiger partial charge in [-0.2, -0.15) is 5.26 Å². The highest BCUT2D eigenvalue weighted by Gasteiger charge is 2.38. The standard InChI is InChI=1S/C28H23Cl2N3O3S/c1-35-26-11-19(7-10-25(26)36-15-18-5-3-2-4-6-18)21-13-27(34)33-16-32(17-37-28(33)22(21)14-31)20-8-9-23(29)24(30)12-20/h2-12,21H,13,15-17H2,1H3/t21-/m0/s1. The molecule has 0 saturated carbocycles. The number of benzene rings is 3. The molecule has 3 aromatic carbocycles. The van der Waals surface area contributed by atoms with Crippen LogP contribution in [-0.4, -0.2) is 30.5 Å². The lowest BCUT2D eigenvalue weighted by molar-refractivity contribution is -0.129. The van der Waals surface area contributed by atoms with Gasteiger partial charge in [0.05, 0.1) is 46.4 Å². The van der Waals surface area contributed by atoms with Crippen LogP contribution in [0.25, 0.3) is 0 Å². The van der Waals surface area contributed by atoms with Crippen LogP contribution in [0.3, 0.4) is 0 Å². The third kappa shape index (κ3) is 5.24. The summed E-state index contributed by atoms with van der Waals surface area (Å²) in [6.45, 7) is 0.750. The fraction of sp³-hybridized carbons (Fsp3) is 0.214. The predicted molar refractivity (Wildman–Crippen MR) is 147 cm³/mol. The largest absolute Gasteiger partial charge is 0.493 e. The number of anilines is 1. The first-order valence-electron chi connectivity index (χ1n) is 11.6. The number of thioether (sulfide) groups is 1. The van der Waals surface area contributed by atoms with Crippen LogP contribution in [0.2, 0.25) is 10.0 Å². The SMILES string of the molecule is COc1cc([C@@H]2CC(=O)N3CN(c4ccc(Cl)c(Cl)c4)CSC3=C2C#N)ccc1OCc1ccccc1. The third-order valence-corrected chi connectivity index (χ3v) is 8.28. The van der Waals surface area contributed by atoms with Gasteiger partial charge in [0.15, 0.2) is 11.5 Å². The summed E-state index contributed by atoms with van der Waals surface area (Å²) in [4.78, 5) is 17.0. The second-order valence-electron chi connectivity index (χ2n) is 8.65. The molecule has 6 nitrogen and oxygen atoms in total. The Balaban J connectivity index is 1.39. The highest BCUT2D eigenvalue weighted by molar-refractivity contribution is 8.03. The van der Waals surface area contributed by atoms with Crippen LogP contribution >= 0.6 is 35.0 Å². The Kier molecular flexibility index (Phi) is 7.52. The van der Waals surface area contributed by atoms with E-state index in [0.29, 0.717) is 51.3 Å². The van der Waals surface area contributed by atoms with E-state index in [-0.39, 0.29) is 18.2 Å². The van der Waals surface area contributed by atoms with Gasteiger partial charge in [0.2, 0.25) is 5.91 Å². The van der Waals surface area contributed by atoms with Crippen molar-refractivity contribution in [1.82, 2.24) is 4.90 Å². The second kappa shape index (κ2) is 11.0. The molecule has 9 heteroatoms. The van der Waals surface area contributed by atoms with Crippen LogP contribution in [0.4, 0.5) is 5.69 Å². The summed E-state index contributed by atoms with van der Waals surface area (Å²) in [7, 11) is 1.58. The highest BCUT2D eigenvalue weighted by Crippen LogP contribution is 2.45. The van der Waals surface area contributed by atoms with Gasteiger partial charge in [-0.05, 0) is 41.5 Å². The third-order valence-electron chi connectivity index (χ3n) is 6.39. The molecular formula is C28H23Cl2N3O3S. The molecule has 0 bridgehead atoms. The van der Waals surface area contributed by atoms with Gasteiger partial charge in [0.25, 0.3) is 0 Å². The number of fused-ring (bicyclic) bond motifs is 1. The van der Waals surface area contributed by atoms with Crippen LogP contribution in [-0.2, 0) is 11.4 Å². The van der Waals surface area contributed by atoms with E-state index in [0.717, 1.165) is 16.8 Å². The van der Waals surface area contributed by atoms with Gasteiger partial charge in [-0.15, -0.1) is 0 Å². The van der Waals surface area contributed by atoms with E-state index in [1.807, 2.05) is 59.5 Å². The Hall–Kier alpha value is -3.31. The number of rotatable bonds is 6. The molecule has 0 spiro atoms. The fourth-order valence-electron chi connectivity index (χ4n) is 4.45. The summed E-state index contributed by atoms with van der Waals surface area (Å²) in [6, 6.07) is 23.3. The van der Waals surface area contributed by atoms with Crippen LogP contribution in [0, 0.1) is 11.3 Å². The van der Waals surface area contributed by atoms with Crippen LogP contribution < -0.4 is 14.4 Å². The number of amides is 1. The van der Waals surface area contributed by atoms with E-state index in [2.05, 4.69) is 6.07 Å². The Morgan fingerprint density at radius 2 is 1.86 bits per heavy atom. The molecule has 5 rings (SSSR count). The van der Waals surface area contributed by atoms with E-state index in [1.54, 1.807) is 24.1 Å². The minimum absolute atomic E-state index is 0.0420. The number of nitriles is 1. The number of halogens is 2. The molecule has 0 N–H and O–H groups in total. The van der Waals surface area contributed by atoms with Gasteiger partial charge in [0.1, 0.15) is 6.61 Å². The fourth-order valence-corrected chi connectivity index (χ4v) is 5.91. The number of nitrogens with zero attached hydrogens (tertiary/aromatic N) is 3. The molecule has 0 unspecified atom stereocenters. The summed E-state index contributed by atoms with van der Waals surface area (Å²) < 4.78 is 11.6. The van der Waals surface area contributed by atoms with E-state index in [4.69, 9.17) is 32.7 Å². The smallest absolute Gasteiger partial charge is 0.229 e. The number of hydrogen-bond donors (Lipinski definition) is 0. The zero-order valence-corrected chi connectivity index (χ0v) is 22.3. The molecule has 0 aromatic heterocycles. The summed E-state index contributed by atoms with van der Waals surface area (Å²) in [6.07, 6.45) is 0.190. The number of hydrogen-bond acceptors (Lipinski definition) is 6. The molecule has 1 fully saturated rings. The maximum absolute atomic E-state index is 13.3. The topological polar surface area (TPSA) is 65.8 Å². The van der Waals surface area contributed by atoms with Gasteiger partial charge >= 0.3 is 0 Å². The van der Waals surface area contributed by atoms with E-state index < -0.39 is 0 Å². The molecule has 2 aliphatic rings. The minimum atomic E-state index is -0.357. The normalized spacial score (nSPS) is 17.4. The molecule has 1 amide bonds. The number of carbonyl (C=O) groups is 1. The summed E-state index contributed by atoms with van der Waals surface area (Å²) in [5.74, 6) is 1.34. The number of allylic oxidation sites excluding steroid dienone is 1. The molecule has 1 saturated heterocycles. The first kappa shape index (κ1) is 25.3.